The van der Waals surface area contributed by atoms with Crippen molar-refractivity contribution in [2.75, 3.05) is 11.9 Å². The van der Waals surface area contributed by atoms with E-state index in [1.54, 1.807) is 13.0 Å². The van der Waals surface area contributed by atoms with Crippen molar-refractivity contribution in [1.29, 1.82) is 0 Å². The van der Waals surface area contributed by atoms with E-state index in [2.05, 4.69) is 51.7 Å². The molecule has 0 bridgehead atoms. The van der Waals surface area contributed by atoms with Gasteiger partial charge in [0.15, 0.2) is 5.82 Å². The summed E-state index contributed by atoms with van der Waals surface area (Å²) in [5, 5.41) is 3.25. The van der Waals surface area contributed by atoms with Gasteiger partial charge in [-0.05, 0) is 54.0 Å². The molecule has 0 atom stereocenters. The molecule has 5 heteroatoms. The van der Waals surface area contributed by atoms with E-state index < -0.39 is 0 Å². The third-order valence-corrected chi connectivity index (χ3v) is 4.26. The van der Waals surface area contributed by atoms with Gasteiger partial charge in [0.1, 0.15) is 11.6 Å². The maximum absolute atomic E-state index is 13.8. The quantitative estimate of drug-likeness (QED) is 0.755. The molecule has 0 saturated heterocycles. The summed E-state index contributed by atoms with van der Waals surface area (Å²) >= 11 is 2.27. The Labute approximate surface area is 138 Å². The van der Waals surface area contributed by atoms with Gasteiger partial charge in [-0.1, -0.05) is 26.0 Å². The maximum Gasteiger partial charge on any atom is 0.161 e. The van der Waals surface area contributed by atoms with Gasteiger partial charge in [0, 0.05) is 12.1 Å². The molecule has 1 aromatic heterocycles. The first-order valence-electron chi connectivity index (χ1n) is 7.01. The fourth-order valence-corrected chi connectivity index (χ4v) is 3.05. The number of anilines is 1. The smallest absolute Gasteiger partial charge is 0.161 e. The molecule has 0 radical (unpaired) electrons. The Kier molecular flexibility index (Phi) is 5.13. The predicted molar refractivity (Wildman–Crippen MR) is 93.1 cm³/mol. The molecule has 0 fully saturated rings. The minimum Gasteiger partial charge on any atom is -0.369 e. The Hall–Kier alpha value is -1.24. The Morgan fingerprint density at radius 3 is 2.57 bits per heavy atom. The summed E-state index contributed by atoms with van der Waals surface area (Å²) in [6, 6.07) is 5.12. The third kappa shape index (κ3) is 3.51. The van der Waals surface area contributed by atoms with Crippen LogP contribution in [0.4, 0.5) is 10.2 Å². The summed E-state index contributed by atoms with van der Waals surface area (Å²) < 4.78 is 14.8. The molecule has 0 spiro atoms. The van der Waals surface area contributed by atoms with E-state index in [0.29, 0.717) is 17.0 Å². The van der Waals surface area contributed by atoms with Gasteiger partial charge < -0.3 is 5.32 Å². The second-order valence-electron chi connectivity index (χ2n) is 5.24. The maximum atomic E-state index is 13.8. The van der Waals surface area contributed by atoms with Gasteiger partial charge in [0.25, 0.3) is 0 Å². The van der Waals surface area contributed by atoms with Crippen LogP contribution in [-0.2, 0) is 0 Å². The zero-order valence-electron chi connectivity index (χ0n) is 12.7. The van der Waals surface area contributed by atoms with Crippen LogP contribution in [0.3, 0.4) is 0 Å². The van der Waals surface area contributed by atoms with E-state index >= 15 is 0 Å². The summed E-state index contributed by atoms with van der Waals surface area (Å²) in [6.07, 6.45) is 0. The van der Waals surface area contributed by atoms with E-state index in [1.165, 1.54) is 6.07 Å². The summed E-state index contributed by atoms with van der Waals surface area (Å²) in [7, 11) is 0. The number of hydrogen-bond acceptors (Lipinski definition) is 3. The standard InChI is InChI=1S/C16H19FIN3/c1-5-19-16-13(18)14(9(2)3)20-15(21-16)11-7-6-10(4)12(17)8-11/h6-9H,5H2,1-4H3,(H,19,20,21). The van der Waals surface area contributed by atoms with Crippen molar-refractivity contribution in [3.8, 4) is 11.4 Å². The van der Waals surface area contributed by atoms with E-state index in [-0.39, 0.29) is 11.7 Å². The van der Waals surface area contributed by atoms with Gasteiger partial charge in [-0.15, -0.1) is 0 Å². The molecule has 0 unspecified atom stereocenters. The molecule has 0 aliphatic heterocycles. The van der Waals surface area contributed by atoms with Crippen molar-refractivity contribution in [3.05, 3.63) is 38.8 Å². The molecular formula is C16H19FIN3. The summed E-state index contributed by atoms with van der Waals surface area (Å²) in [6.45, 7) is 8.75. The number of nitrogens with one attached hydrogen (secondary N) is 1. The monoisotopic (exact) mass is 399 g/mol. The Morgan fingerprint density at radius 2 is 2.00 bits per heavy atom. The fourth-order valence-electron chi connectivity index (χ4n) is 1.99. The molecule has 1 N–H and O–H groups in total. The largest absolute Gasteiger partial charge is 0.369 e. The highest BCUT2D eigenvalue weighted by atomic mass is 127. The molecule has 0 amide bonds. The number of aryl methyl sites for hydroxylation is 1. The fraction of sp³-hybridized carbons (Fsp3) is 0.375. The molecule has 1 aromatic carbocycles. The first kappa shape index (κ1) is 16.1. The van der Waals surface area contributed by atoms with Gasteiger partial charge in [-0.25, -0.2) is 14.4 Å². The van der Waals surface area contributed by atoms with Crippen LogP contribution in [0, 0.1) is 16.3 Å². The number of hydrogen-bond donors (Lipinski definition) is 1. The second-order valence-corrected chi connectivity index (χ2v) is 6.32. The lowest BCUT2D eigenvalue weighted by Crippen LogP contribution is -2.09. The first-order valence-corrected chi connectivity index (χ1v) is 8.09. The van der Waals surface area contributed by atoms with E-state index in [1.807, 2.05) is 13.0 Å². The second kappa shape index (κ2) is 6.68. The molecular weight excluding hydrogens is 380 g/mol. The number of halogens is 2. The molecule has 0 aliphatic rings. The lowest BCUT2D eigenvalue weighted by atomic mass is 10.1. The van der Waals surface area contributed by atoms with Gasteiger partial charge in [0.2, 0.25) is 0 Å². The van der Waals surface area contributed by atoms with Gasteiger partial charge in [0.05, 0.1) is 9.26 Å². The van der Waals surface area contributed by atoms with Crippen molar-refractivity contribution in [2.45, 2.75) is 33.6 Å². The van der Waals surface area contributed by atoms with Crippen LogP contribution in [0.5, 0.6) is 0 Å². The van der Waals surface area contributed by atoms with Crippen LogP contribution >= 0.6 is 22.6 Å². The van der Waals surface area contributed by atoms with Crippen molar-refractivity contribution in [3.63, 3.8) is 0 Å². The molecule has 112 valence electrons. The van der Waals surface area contributed by atoms with Crippen LogP contribution in [0.25, 0.3) is 11.4 Å². The van der Waals surface area contributed by atoms with Crippen molar-refractivity contribution in [1.82, 2.24) is 9.97 Å². The van der Waals surface area contributed by atoms with Crippen LogP contribution < -0.4 is 5.32 Å². The number of benzene rings is 1. The first-order chi connectivity index (χ1) is 9.93. The Bertz CT molecular complexity index is 656. The minimum absolute atomic E-state index is 0.231. The van der Waals surface area contributed by atoms with E-state index in [4.69, 9.17) is 0 Å². The molecule has 2 aromatic rings. The van der Waals surface area contributed by atoms with Crippen molar-refractivity contribution >= 4 is 28.4 Å². The molecule has 3 nitrogen and oxygen atoms in total. The Balaban J connectivity index is 2.59. The SMILES string of the molecule is CCNc1nc(-c2ccc(C)c(F)c2)nc(C(C)C)c1I. The summed E-state index contributed by atoms with van der Waals surface area (Å²) in [5.74, 6) is 1.43. The normalized spacial score (nSPS) is 11.0. The lowest BCUT2D eigenvalue weighted by Gasteiger charge is -2.14. The average Bonchev–Trinajstić information content (AvgIpc) is 2.44. The molecule has 21 heavy (non-hydrogen) atoms. The average molecular weight is 399 g/mol. The molecule has 0 aliphatic carbocycles. The highest BCUT2D eigenvalue weighted by molar-refractivity contribution is 14.1. The third-order valence-electron chi connectivity index (χ3n) is 3.20. The minimum atomic E-state index is -0.231. The summed E-state index contributed by atoms with van der Waals surface area (Å²) in [4.78, 5) is 9.18. The van der Waals surface area contributed by atoms with Crippen molar-refractivity contribution in [2.24, 2.45) is 0 Å². The summed E-state index contributed by atoms with van der Waals surface area (Å²) in [5.41, 5.74) is 2.31. The highest BCUT2D eigenvalue weighted by Gasteiger charge is 2.16. The van der Waals surface area contributed by atoms with Crippen LogP contribution in [-0.4, -0.2) is 16.5 Å². The predicted octanol–water partition coefficient (Wildman–Crippen LogP) is 4.75. The van der Waals surface area contributed by atoms with E-state index in [9.17, 15) is 4.39 Å². The number of aromatic nitrogens is 2. The zero-order valence-corrected chi connectivity index (χ0v) is 14.8. The van der Waals surface area contributed by atoms with Crippen LogP contribution in [0.1, 0.15) is 37.9 Å². The molecule has 0 saturated carbocycles. The van der Waals surface area contributed by atoms with Crippen LogP contribution in [0.15, 0.2) is 18.2 Å². The number of rotatable bonds is 4. The van der Waals surface area contributed by atoms with E-state index in [0.717, 1.165) is 21.6 Å². The van der Waals surface area contributed by atoms with Gasteiger partial charge in [-0.2, -0.15) is 0 Å². The van der Waals surface area contributed by atoms with Gasteiger partial charge >= 0.3 is 0 Å². The lowest BCUT2D eigenvalue weighted by molar-refractivity contribution is 0.619. The topological polar surface area (TPSA) is 37.8 Å². The highest BCUT2D eigenvalue weighted by Crippen LogP contribution is 2.28. The Morgan fingerprint density at radius 1 is 1.29 bits per heavy atom. The number of nitrogens with zero attached hydrogens (tertiary/aromatic N) is 2. The molecule has 1 heterocycles. The van der Waals surface area contributed by atoms with Gasteiger partial charge in [-0.3, -0.25) is 0 Å². The molecule has 2 rings (SSSR count). The van der Waals surface area contributed by atoms with Crippen LogP contribution in [0.2, 0.25) is 0 Å². The zero-order chi connectivity index (χ0) is 15.6. The van der Waals surface area contributed by atoms with Crippen molar-refractivity contribution < 1.29 is 4.39 Å².